The van der Waals surface area contributed by atoms with Crippen molar-refractivity contribution >= 4 is 34.0 Å². The molecule has 2 aromatic carbocycles. The Balaban J connectivity index is 1.58. The highest BCUT2D eigenvalue weighted by molar-refractivity contribution is 7.15. The van der Waals surface area contributed by atoms with E-state index in [0.29, 0.717) is 22.8 Å². The molecular formula is C24H23FN4O2S. The first-order chi connectivity index (χ1) is 15.5. The predicted molar refractivity (Wildman–Crippen MR) is 123 cm³/mol. The molecule has 1 aromatic heterocycles. The van der Waals surface area contributed by atoms with Crippen molar-refractivity contribution in [2.24, 2.45) is 0 Å². The molecular weight excluding hydrogens is 427 g/mol. The minimum absolute atomic E-state index is 0.00397. The van der Waals surface area contributed by atoms with E-state index in [-0.39, 0.29) is 43.4 Å². The molecule has 0 aliphatic rings. The first-order valence-corrected chi connectivity index (χ1v) is 11.0. The molecule has 0 bridgehead atoms. The van der Waals surface area contributed by atoms with E-state index >= 15 is 0 Å². The maximum absolute atomic E-state index is 13.9. The topological polar surface area (TPSA) is 86.1 Å². The van der Waals surface area contributed by atoms with Crippen LogP contribution in [0.1, 0.15) is 35.4 Å². The number of aryl methyl sites for hydroxylation is 1. The van der Waals surface area contributed by atoms with Crippen LogP contribution in [0, 0.1) is 24.1 Å². The maximum Gasteiger partial charge on any atom is 0.227 e. The summed E-state index contributed by atoms with van der Waals surface area (Å²) in [6, 6.07) is 17.7. The van der Waals surface area contributed by atoms with Gasteiger partial charge in [0.2, 0.25) is 11.8 Å². The molecule has 3 rings (SSSR count). The number of para-hydroxylation sites is 1. The number of carbonyl (C=O) groups is 2. The third-order valence-electron chi connectivity index (χ3n) is 4.83. The Kier molecular flexibility index (Phi) is 8.06. The first kappa shape index (κ1) is 23.1. The Hall–Kier alpha value is -3.57. The van der Waals surface area contributed by atoms with Crippen molar-refractivity contribution in [3.05, 3.63) is 76.5 Å². The molecule has 1 heterocycles. The van der Waals surface area contributed by atoms with Crippen LogP contribution in [-0.4, -0.2) is 23.3 Å². The third-order valence-corrected chi connectivity index (χ3v) is 5.90. The number of hydrogen-bond donors (Lipinski definition) is 1. The molecule has 0 saturated carbocycles. The molecule has 0 atom stereocenters. The van der Waals surface area contributed by atoms with Crippen molar-refractivity contribution in [1.29, 1.82) is 5.26 Å². The summed E-state index contributed by atoms with van der Waals surface area (Å²) in [5.41, 5.74) is 2.00. The Labute approximate surface area is 190 Å². The normalized spacial score (nSPS) is 10.4. The summed E-state index contributed by atoms with van der Waals surface area (Å²) in [6.07, 6.45) is 0.611. The van der Waals surface area contributed by atoms with Gasteiger partial charge in [-0.25, -0.2) is 9.37 Å². The number of hydrogen-bond acceptors (Lipinski definition) is 5. The van der Waals surface area contributed by atoms with Gasteiger partial charge in [0.15, 0.2) is 5.13 Å². The fourth-order valence-electron chi connectivity index (χ4n) is 3.16. The SMILES string of the molecule is Cc1nc(NC(=O)CCC(=O)N(CCC#N)c2ccccc2)sc1Cc1ccccc1F. The zero-order chi connectivity index (χ0) is 22.9. The van der Waals surface area contributed by atoms with Gasteiger partial charge in [0.05, 0.1) is 18.2 Å². The molecule has 0 unspecified atom stereocenters. The van der Waals surface area contributed by atoms with Crippen LogP contribution in [0.3, 0.4) is 0 Å². The second-order valence-corrected chi connectivity index (χ2v) is 8.22. The lowest BCUT2D eigenvalue weighted by molar-refractivity contribution is -0.122. The van der Waals surface area contributed by atoms with Crippen molar-refractivity contribution < 1.29 is 14.0 Å². The van der Waals surface area contributed by atoms with Crippen molar-refractivity contribution in [1.82, 2.24) is 4.98 Å². The number of rotatable bonds is 9. The second-order valence-electron chi connectivity index (χ2n) is 7.13. The molecule has 3 aromatic rings. The van der Waals surface area contributed by atoms with E-state index in [4.69, 9.17) is 5.26 Å². The number of benzene rings is 2. The number of amides is 2. The van der Waals surface area contributed by atoms with Gasteiger partial charge in [0.1, 0.15) is 5.82 Å². The van der Waals surface area contributed by atoms with Crippen LogP contribution >= 0.6 is 11.3 Å². The number of aromatic nitrogens is 1. The van der Waals surface area contributed by atoms with Crippen LogP contribution in [0.4, 0.5) is 15.2 Å². The second kappa shape index (κ2) is 11.2. The van der Waals surface area contributed by atoms with Crippen LogP contribution in [0.25, 0.3) is 0 Å². The van der Waals surface area contributed by atoms with Gasteiger partial charge in [-0.05, 0) is 30.7 Å². The summed E-state index contributed by atoms with van der Waals surface area (Å²) in [5, 5.41) is 12.0. The van der Waals surface area contributed by atoms with Gasteiger partial charge in [-0.1, -0.05) is 36.4 Å². The fraction of sp³-hybridized carbons (Fsp3) is 0.250. The van der Waals surface area contributed by atoms with E-state index in [0.717, 1.165) is 10.6 Å². The Bertz CT molecular complexity index is 1120. The first-order valence-electron chi connectivity index (χ1n) is 10.2. The number of thiazole rings is 1. The highest BCUT2D eigenvalue weighted by atomic mass is 32.1. The Morgan fingerprint density at radius 2 is 1.84 bits per heavy atom. The molecule has 1 N–H and O–H groups in total. The van der Waals surface area contributed by atoms with Crippen LogP contribution < -0.4 is 10.2 Å². The molecule has 0 saturated heterocycles. The zero-order valence-electron chi connectivity index (χ0n) is 17.7. The van der Waals surface area contributed by atoms with Crippen molar-refractivity contribution in [2.75, 3.05) is 16.8 Å². The number of halogens is 1. The number of nitrogens with one attached hydrogen (secondary N) is 1. The molecule has 0 aliphatic carbocycles. The highest BCUT2D eigenvalue weighted by Gasteiger charge is 2.18. The monoisotopic (exact) mass is 450 g/mol. The molecule has 8 heteroatoms. The summed E-state index contributed by atoms with van der Waals surface area (Å²) < 4.78 is 13.9. The van der Waals surface area contributed by atoms with Crippen LogP contribution in [0.5, 0.6) is 0 Å². The van der Waals surface area contributed by atoms with Gasteiger partial charge in [0.25, 0.3) is 0 Å². The van der Waals surface area contributed by atoms with E-state index in [1.807, 2.05) is 31.2 Å². The minimum Gasteiger partial charge on any atom is -0.311 e. The highest BCUT2D eigenvalue weighted by Crippen LogP contribution is 2.26. The predicted octanol–water partition coefficient (Wildman–Crippen LogP) is 4.85. The van der Waals surface area contributed by atoms with Crippen molar-refractivity contribution in [3.8, 4) is 6.07 Å². The molecule has 0 radical (unpaired) electrons. The number of carbonyl (C=O) groups excluding carboxylic acids is 2. The van der Waals surface area contributed by atoms with Gasteiger partial charge >= 0.3 is 0 Å². The summed E-state index contributed by atoms with van der Waals surface area (Å²) in [4.78, 5) is 31.8. The van der Waals surface area contributed by atoms with Gasteiger partial charge in [0, 0.05) is 36.4 Å². The fourth-order valence-corrected chi connectivity index (χ4v) is 4.17. The van der Waals surface area contributed by atoms with E-state index in [2.05, 4.69) is 10.3 Å². The quantitative estimate of drug-likeness (QED) is 0.505. The number of nitrogens with zero attached hydrogens (tertiary/aromatic N) is 3. The lowest BCUT2D eigenvalue weighted by Crippen LogP contribution is -2.32. The summed E-state index contributed by atoms with van der Waals surface area (Å²) in [6.45, 7) is 2.09. The number of nitriles is 1. The Morgan fingerprint density at radius 1 is 1.12 bits per heavy atom. The summed E-state index contributed by atoms with van der Waals surface area (Å²) in [5.74, 6) is -0.821. The van der Waals surface area contributed by atoms with E-state index in [1.165, 1.54) is 22.3 Å². The average molecular weight is 451 g/mol. The lowest BCUT2D eigenvalue weighted by atomic mass is 10.1. The molecule has 0 spiro atoms. The molecule has 164 valence electrons. The number of anilines is 2. The molecule has 0 aliphatic heterocycles. The van der Waals surface area contributed by atoms with Gasteiger partial charge in [-0.3, -0.25) is 9.59 Å². The zero-order valence-corrected chi connectivity index (χ0v) is 18.5. The van der Waals surface area contributed by atoms with Crippen LogP contribution in [0.15, 0.2) is 54.6 Å². The largest absolute Gasteiger partial charge is 0.311 e. The standard InChI is InChI=1S/C24H23FN4O2S/c1-17-21(16-18-8-5-6-11-20(18)25)32-24(27-17)28-22(30)12-13-23(31)29(15-7-14-26)19-9-3-2-4-10-19/h2-6,8-11H,7,12-13,15-16H2,1H3,(H,27,28,30). The van der Waals surface area contributed by atoms with E-state index in [1.54, 1.807) is 30.3 Å². The molecule has 32 heavy (non-hydrogen) atoms. The van der Waals surface area contributed by atoms with E-state index in [9.17, 15) is 14.0 Å². The van der Waals surface area contributed by atoms with Gasteiger partial charge < -0.3 is 10.2 Å². The minimum atomic E-state index is -0.321. The Morgan fingerprint density at radius 3 is 2.56 bits per heavy atom. The van der Waals surface area contributed by atoms with E-state index < -0.39 is 0 Å². The summed E-state index contributed by atoms with van der Waals surface area (Å²) in [7, 11) is 0. The lowest BCUT2D eigenvalue weighted by Gasteiger charge is -2.21. The smallest absolute Gasteiger partial charge is 0.227 e. The average Bonchev–Trinajstić information content (AvgIpc) is 3.13. The van der Waals surface area contributed by atoms with Crippen LogP contribution in [-0.2, 0) is 16.0 Å². The maximum atomic E-state index is 13.9. The van der Waals surface area contributed by atoms with Crippen molar-refractivity contribution in [2.45, 2.75) is 32.6 Å². The van der Waals surface area contributed by atoms with Crippen LogP contribution in [0.2, 0.25) is 0 Å². The van der Waals surface area contributed by atoms with Gasteiger partial charge in [-0.2, -0.15) is 5.26 Å². The molecule has 6 nitrogen and oxygen atoms in total. The van der Waals surface area contributed by atoms with Gasteiger partial charge in [-0.15, -0.1) is 11.3 Å². The summed E-state index contributed by atoms with van der Waals surface area (Å²) >= 11 is 1.30. The molecule has 2 amide bonds. The third kappa shape index (κ3) is 6.22. The van der Waals surface area contributed by atoms with Crippen molar-refractivity contribution in [3.63, 3.8) is 0 Å². The molecule has 0 fully saturated rings.